The molecule has 3 heteroatoms. The third-order valence-electron chi connectivity index (χ3n) is 1.87. The summed E-state index contributed by atoms with van der Waals surface area (Å²) >= 11 is 0. The Bertz CT molecular complexity index is 304. The van der Waals surface area contributed by atoms with Gasteiger partial charge in [-0.2, -0.15) is 0 Å². The van der Waals surface area contributed by atoms with E-state index >= 15 is 0 Å². The number of rotatable bonds is 5. The number of hydrogen-bond acceptors (Lipinski definition) is 3. The Morgan fingerprint density at radius 3 is 1.62 bits per heavy atom. The van der Waals surface area contributed by atoms with E-state index in [0.29, 0.717) is 5.75 Å². The molecule has 1 rings (SSSR count). The van der Waals surface area contributed by atoms with Gasteiger partial charge in [-0.15, -0.1) is 0 Å². The van der Waals surface area contributed by atoms with E-state index in [9.17, 15) is 0 Å². The average Bonchev–Trinajstić information content (AvgIpc) is 2.16. The van der Waals surface area contributed by atoms with Gasteiger partial charge in [0.1, 0.15) is 0 Å². The Kier molecular flexibility index (Phi) is 4.47. The SMILES string of the molecule is COc1c(OC(C)C)cccc1OC(C)C. The van der Waals surface area contributed by atoms with Crippen molar-refractivity contribution in [2.45, 2.75) is 39.9 Å². The van der Waals surface area contributed by atoms with Crippen LogP contribution < -0.4 is 14.2 Å². The van der Waals surface area contributed by atoms with Crippen LogP contribution in [0.15, 0.2) is 18.2 Å². The van der Waals surface area contributed by atoms with E-state index in [1.54, 1.807) is 7.11 Å². The van der Waals surface area contributed by atoms with Crippen LogP contribution in [0, 0.1) is 0 Å². The van der Waals surface area contributed by atoms with Gasteiger partial charge in [0, 0.05) is 0 Å². The van der Waals surface area contributed by atoms with Crippen molar-refractivity contribution in [2.75, 3.05) is 7.11 Å². The minimum absolute atomic E-state index is 0.114. The van der Waals surface area contributed by atoms with Gasteiger partial charge in [-0.3, -0.25) is 0 Å². The molecule has 0 aromatic heterocycles. The first kappa shape index (κ1) is 12.7. The molecule has 0 heterocycles. The minimum Gasteiger partial charge on any atom is -0.490 e. The highest BCUT2D eigenvalue weighted by atomic mass is 16.5. The molecule has 0 saturated carbocycles. The Balaban J connectivity index is 3.00. The summed E-state index contributed by atoms with van der Waals surface area (Å²) in [6, 6.07) is 5.66. The van der Waals surface area contributed by atoms with E-state index in [4.69, 9.17) is 14.2 Å². The summed E-state index contributed by atoms with van der Waals surface area (Å²) in [5.74, 6) is 2.09. The quantitative estimate of drug-likeness (QED) is 0.768. The molecule has 0 amide bonds. The molecule has 0 aliphatic rings. The third kappa shape index (κ3) is 3.33. The molecule has 0 fully saturated rings. The van der Waals surface area contributed by atoms with Crippen molar-refractivity contribution in [1.82, 2.24) is 0 Å². The second-order valence-corrected chi connectivity index (χ2v) is 4.12. The highest BCUT2D eigenvalue weighted by molar-refractivity contribution is 5.51. The highest BCUT2D eigenvalue weighted by Crippen LogP contribution is 2.37. The molecule has 0 bridgehead atoms. The Labute approximate surface area is 97.3 Å². The number of methoxy groups -OCH3 is 1. The van der Waals surface area contributed by atoms with Gasteiger partial charge in [0.25, 0.3) is 0 Å². The van der Waals surface area contributed by atoms with Crippen molar-refractivity contribution in [1.29, 1.82) is 0 Å². The van der Waals surface area contributed by atoms with Crippen LogP contribution in [-0.2, 0) is 0 Å². The van der Waals surface area contributed by atoms with Crippen molar-refractivity contribution >= 4 is 0 Å². The number of hydrogen-bond donors (Lipinski definition) is 0. The van der Waals surface area contributed by atoms with E-state index < -0.39 is 0 Å². The van der Waals surface area contributed by atoms with E-state index in [0.717, 1.165) is 11.5 Å². The fraction of sp³-hybridized carbons (Fsp3) is 0.538. The molecule has 16 heavy (non-hydrogen) atoms. The van der Waals surface area contributed by atoms with Gasteiger partial charge in [0.15, 0.2) is 11.5 Å². The predicted molar refractivity (Wildman–Crippen MR) is 64.5 cm³/mol. The summed E-state index contributed by atoms with van der Waals surface area (Å²) in [5.41, 5.74) is 0. The van der Waals surface area contributed by atoms with Gasteiger partial charge in [0.2, 0.25) is 5.75 Å². The van der Waals surface area contributed by atoms with Crippen LogP contribution in [0.3, 0.4) is 0 Å². The Hall–Kier alpha value is -1.38. The van der Waals surface area contributed by atoms with Gasteiger partial charge in [-0.1, -0.05) is 6.07 Å². The van der Waals surface area contributed by atoms with Crippen LogP contribution in [0.4, 0.5) is 0 Å². The smallest absolute Gasteiger partial charge is 0.203 e. The van der Waals surface area contributed by atoms with E-state index in [-0.39, 0.29) is 12.2 Å². The second-order valence-electron chi connectivity index (χ2n) is 4.12. The lowest BCUT2D eigenvalue weighted by Gasteiger charge is -2.18. The van der Waals surface area contributed by atoms with Gasteiger partial charge in [-0.05, 0) is 39.8 Å². The predicted octanol–water partition coefficient (Wildman–Crippen LogP) is 3.27. The molecule has 1 aromatic rings. The molecular weight excluding hydrogens is 204 g/mol. The fourth-order valence-corrected chi connectivity index (χ4v) is 1.39. The van der Waals surface area contributed by atoms with Crippen LogP contribution in [0.2, 0.25) is 0 Å². The van der Waals surface area contributed by atoms with Crippen LogP contribution in [0.5, 0.6) is 17.2 Å². The first-order valence-corrected chi connectivity index (χ1v) is 5.55. The van der Waals surface area contributed by atoms with Gasteiger partial charge >= 0.3 is 0 Å². The van der Waals surface area contributed by atoms with Crippen molar-refractivity contribution in [2.24, 2.45) is 0 Å². The molecule has 0 spiro atoms. The zero-order chi connectivity index (χ0) is 12.1. The summed E-state index contributed by atoms with van der Waals surface area (Å²) in [6.07, 6.45) is 0.228. The number of ether oxygens (including phenoxy) is 3. The van der Waals surface area contributed by atoms with Crippen LogP contribution >= 0.6 is 0 Å². The first-order valence-electron chi connectivity index (χ1n) is 5.55. The van der Waals surface area contributed by atoms with E-state index in [1.165, 1.54) is 0 Å². The molecule has 3 nitrogen and oxygen atoms in total. The van der Waals surface area contributed by atoms with Gasteiger partial charge in [-0.25, -0.2) is 0 Å². The standard InChI is InChI=1S/C13H20O3/c1-9(2)15-11-7-6-8-12(13(11)14-5)16-10(3)4/h6-10H,1-5H3. The summed E-state index contributed by atoms with van der Waals surface area (Å²) in [7, 11) is 1.62. The average molecular weight is 224 g/mol. The lowest BCUT2D eigenvalue weighted by molar-refractivity contribution is 0.209. The lowest BCUT2D eigenvalue weighted by atomic mass is 10.3. The number of benzene rings is 1. The zero-order valence-electron chi connectivity index (χ0n) is 10.6. The molecule has 0 aliphatic carbocycles. The van der Waals surface area contributed by atoms with Gasteiger partial charge in [0.05, 0.1) is 19.3 Å². The van der Waals surface area contributed by atoms with Crippen molar-refractivity contribution in [3.05, 3.63) is 18.2 Å². The highest BCUT2D eigenvalue weighted by Gasteiger charge is 2.13. The largest absolute Gasteiger partial charge is 0.490 e. The van der Waals surface area contributed by atoms with E-state index in [1.807, 2.05) is 45.9 Å². The monoisotopic (exact) mass is 224 g/mol. The van der Waals surface area contributed by atoms with Crippen LogP contribution in [0.1, 0.15) is 27.7 Å². The second kappa shape index (κ2) is 5.64. The van der Waals surface area contributed by atoms with Crippen molar-refractivity contribution in [3.8, 4) is 17.2 Å². The van der Waals surface area contributed by atoms with Crippen LogP contribution in [-0.4, -0.2) is 19.3 Å². The fourth-order valence-electron chi connectivity index (χ4n) is 1.39. The summed E-state index contributed by atoms with van der Waals surface area (Å²) in [6.45, 7) is 7.93. The summed E-state index contributed by atoms with van der Waals surface area (Å²) in [4.78, 5) is 0. The Morgan fingerprint density at radius 1 is 0.875 bits per heavy atom. The molecule has 0 N–H and O–H groups in total. The molecule has 0 saturated heterocycles. The molecule has 0 radical (unpaired) electrons. The normalized spacial score (nSPS) is 10.7. The maximum absolute atomic E-state index is 5.65. The van der Waals surface area contributed by atoms with E-state index in [2.05, 4.69) is 0 Å². The maximum atomic E-state index is 5.65. The topological polar surface area (TPSA) is 27.7 Å². The lowest BCUT2D eigenvalue weighted by Crippen LogP contribution is -2.09. The molecule has 1 aromatic carbocycles. The first-order chi connectivity index (χ1) is 7.54. The molecule has 0 unspecified atom stereocenters. The zero-order valence-corrected chi connectivity index (χ0v) is 10.6. The third-order valence-corrected chi connectivity index (χ3v) is 1.87. The van der Waals surface area contributed by atoms with Crippen LogP contribution in [0.25, 0.3) is 0 Å². The summed E-state index contributed by atoms with van der Waals surface area (Å²) < 4.78 is 16.6. The maximum Gasteiger partial charge on any atom is 0.203 e. The molecule has 0 atom stereocenters. The van der Waals surface area contributed by atoms with Gasteiger partial charge < -0.3 is 14.2 Å². The Morgan fingerprint density at radius 2 is 1.31 bits per heavy atom. The molecular formula is C13H20O3. The van der Waals surface area contributed by atoms with Crippen molar-refractivity contribution < 1.29 is 14.2 Å². The molecule has 90 valence electrons. The summed E-state index contributed by atoms with van der Waals surface area (Å²) in [5, 5.41) is 0. The van der Waals surface area contributed by atoms with Crippen molar-refractivity contribution in [3.63, 3.8) is 0 Å². The number of para-hydroxylation sites is 1. The molecule has 0 aliphatic heterocycles. The minimum atomic E-state index is 0.114.